The van der Waals surface area contributed by atoms with Crippen molar-refractivity contribution < 1.29 is 36.7 Å². The van der Waals surface area contributed by atoms with Crippen molar-refractivity contribution in [2.24, 2.45) is 11.8 Å². The third-order valence-corrected chi connectivity index (χ3v) is 5.79. The second kappa shape index (κ2) is 21.3. The van der Waals surface area contributed by atoms with Crippen LogP contribution in [0.3, 0.4) is 0 Å². The first-order valence-electron chi connectivity index (χ1n) is 12.2. The zero-order valence-electron chi connectivity index (χ0n) is 20.8. The van der Waals surface area contributed by atoms with Crippen LogP contribution in [0.25, 0.3) is 0 Å². The standard InChI is InChI=1S/C23H48O8S/c1-5-7-9-22(6-2)18-30-20-23(19-29-12-10-21(3)4)31-16-15-28-14-13-27-11-8-17-32(24,25)26/h21-23H,5-20H2,1-4H3,(H,24,25,26). The molecule has 0 aromatic heterocycles. The molecule has 0 saturated carbocycles. The Hall–Kier alpha value is -0.290. The molecule has 0 spiro atoms. The molecule has 0 amide bonds. The molecule has 0 aliphatic rings. The van der Waals surface area contributed by atoms with Gasteiger partial charge in [0, 0.05) is 19.8 Å². The molecule has 2 atom stereocenters. The lowest BCUT2D eigenvalue weighted by Crippen LogP contribution is -2.29. The predicted molar refractivity (Wildman–Crippen MR) is 127 cm³/mol. The van der Waals surface area contributed by atoms with Crippen LogP contribution in [-0.2, 0) is 33.8 Å². The average Bonchev–Trinajstić information content (AvgIpc) is 2.73. The summed E-state index contributed by atoms with van der Waals surface area (Å²) < 4.78 is 58.3. The van der Waals surface area contributed by atoms with Gasteiger partial charge in [0.25, 0.3) is 10.1 Å². The highest BCUT2D eigenvalue weighted by molar-refractivity contribution is 7.85. The quantitative estimate of drug-likeness (QED) is 0.162. The Bertz CT molecular complexity index is 498. The highest BCUT2D eigenvalue weighted by atomic mass is 32.2. The van der Waals surface area contributed by atoms with E-state index in [1.165, 1.54) is 19.3 Å². The minimum atomic E-state index is -3.92. The van der Waals surface area contributed by atoms with E-state index < -0.39 is 10.1 Å². The van der Waals surface area contributed by atoms with E-state index in [9.17, 15) is 8.42 Å². The van der Waals surface area contributed by atoms with Gasteiger partial charge in [-0.25, -0.2) is 0 Å². The van der Waals surface area contributed by atoms with Crippen LogP contribution in [0, 0.1) is 11.8 Å². The van der Waals surface area contributed by atoms with Gasteiger partial charge in [-0.05, 0) is 31.1 Å². The van der Waals surface area contributed by atoms with E-state index in [1.54, 1.807) is 0 Å². The van der Waals surface area contributed by atoms with Crippen molar-refractivity contribution in [3.63, 3.8) is 0 Å². The van der Waals surface area contributed by atoms with Crippen LogP contribution < -0.4 is 0 Å². The van der Waals surface area contributed by atoms with Gasteiger partial charge in [0.05, 0.1) is 45.4 Å². The van der Waals surface area contributed by atoms with Crippen LogP contribution in [-0.4, -0.2) is 84.3 Å². The maximum Gasteiger partial charge on any atom is 0.264 e. The lowest BCUT2D eigenvalue weighted by atomic mass is 10.0. The first-order valence-corrected chi connectivity index (χ1v) is 13.8. The molecular formula is C23H48O8S. The normalized spacial score (nSPS) is 14.2. The highest BCUT2D eigenvalue weighted by Crippen LogP contribution is 2.13. The Balaban J connectivity index is 4.00. The molecule has 0 fully saturated rings. The Kier molecular flexibility index (Phi) is 21.1. The van der Waals surface area contributed by atoms with Crippen molar-refractivity contribution in [3.8, 4) is 0 Å². The molecule has 9 heteroatoms. The van der Waals surface area contributed by atoms with Gasteiger partial charge in [-0.15, -0.1) is 0 Å². The fourth-order valence-electron chi connectivity index (χ4n) is 2.88. The molecule has 8 nitrogen and oxygen atoms in total. The van der Waals surface area contributed by atoms with E-state index in [4.69, 9.17) is 28.2 Å². The number of ether oxygens (including phenoxy) is 5. The fourth-order valence-corrected chi connectivity index (χ4v) is 3.36. The maximum atomic E-state index is 10.6. The summed E-state index contributed by atoms with van der Waals surface area (Å²) in [7, 11) is -3.92. The molecule has 1 N–H and O–H groups in total. The zero-order chi connectivity index (χ0) is 24.1. The Labute approximate surface area is 196 Å². The molecular weight excluding hydrogens is 436 g/mol. The predicted octanol–water partition coefficient (Wildman–Crippen LogP) is 3.98. The summed E-state index contributed by atoms with van der Waals surface area (Å²) in [6.45, 7) is 13.2. The van der Waals surface area contributed by atoms with Crippen molar-refractivity contribution >= 4 is 10.1 Å². The highest BCUT2D eigenvalue weighted by Gasteiger charge is 2.13. The van der Waals surface area contributed by atoms with Crippen LogP contribution in [0.15, 0.2) is 0 Å². The van der Waals surface area contributed by atoms with E-state index in [1.807, 2.05) is 0 Å². The summed E-state index contributed by atoms with van der Waals surface area (Å²) in [6.07, 6.45) is 5.94. The smallest absolute Gasteiger partial charge is 0.264 e. The van der Waals surface area contributed by atoms with Crippen molar-refractivity contribution in [2.75, 3.05) is 65.2 Å². The molecule has 0 rings (SSSR count). The first-order chi connectivity index (χ1) is 15.3. The van der Waals surface area contributed by atoms with Gasteiger partial charge in [0.1, 0.15) is 6.10 Å². The lowest BCUT2D eigenvalue weighted by Gasteiger charge is -2.21. The van der Waals surface area contributed by atoms with Gasteiger partial charge in [-0.1, -0.05) is 47.0 Å². The van der Waals surface area contributed by atoms with Crippen molar-refractivity contribution in [3.05, 3.63) is 0 Å². The minimum Gasteiger partial charge on any atom is -0.379 e. The molecule has 2 unspecified atom stereocenters. The molecule has 0 aromatic rings. The summed E-state index contributed by atoms with van der Waals surface area (Å²) in [5.41, 5.74) is 0. The van der Waals surface area contributed by atoms with Crippen LogP contribution in [0.5, 0.6) is 0 Å². The monoisotopic (exact) mass is 484 g/mol. The molecule has 194 valence electrons. The summed E-state index contributed by atoms with van der Waals surface area (Å²) in [5.74, 6) is 0.915. The molecule has 0 bridgehead atoms. The lowest BCUT2D eigenvalue weighted by molar-refractivity contribution is -0.0802. The molecule has 32 heavy (non-hydrogen) atoms. The number of rotatable bonds is 24. The first kappa shape index (κ1) is 31.7. The number of hydrogen-bond donors (Lipinski definition) is 1. The van der Waals surface area contributed by atoms with E-state index in [0.717, 1.165) is 26.1 Å². The van der Waals surface area contributed by atoms with Gasteiger partial charge in [-0.2, -0.15) is 8.42 Å². The van der Waals surface area contributed by atoms with E-state index >= 15 is 0 Å². The van der Waals surface area contributed by atoms with Crippen molar-refractivity contribution in [1.29, 1.82) is 0 Å². The second-order valence-electron chi connectivity index (χ2n) is 8.57. The van der Waals surface area contributed by atoms with Crippen molar-refractivity contribution in [1.82, 2.24) is 0 Å². The van der Waals surface area contributed by atoms with Crippen LogP contribution in [0.2, 0.25) is 0 Å². The third-order valence-electron chi connectivity index (χ3n) is 4.99. The van der Waals surface area contributed by atoms with Gasteiger partial charge < -0.3 is 23.7 Å². The van der Waals surface area contributed by atoms with Crippen molar-refractivity contribution in [2.45, 2.75) is 72.3 Å². The molecule has 0 aromatic carbocycles. The van der Waals surface area contributed by atoms with Crippen LogP contribution in [0.4, 0.5) is 0 Å². The van der Waals surface area contributed by atoms with Crippen LogP contribution >= 0.6 is 0 Å². The summed E-state index contributed by atoms with van der Waals surface area (Å²) in [5, 5.41) is 0. The summed E-state index contributed by atoms with van der Waals surface area (Å²) in [4.78, 5) is 0. The summed E-state index contributed by atoms with van der Waals surface area (Å²) >= 11 is 0. The number of unbranched alkanes of at least 4 members (excludes halogenated alkanes) is 1. The van der Waals surface area contributed by atoms with E-state index in [-0.39, 0.29) is 24.9 Å². The zero-order valence-corrected chi connectivity index (χ0v) is 21.6. The van der Waals surface area contributed by atoms with Gasteiger partial charge in [0.2, 0.25) is 0 Å². The Morgan fingerprint density at radius 2 is 1.41 bits per heavy atom. The minimum absolute atomic E-state index is 0.119. The molecule has 0 heterocycles. The number of hydrogen-bond acceptors (Lipinski definition) is 7. The average molecular weight is 485 g/mol. The molecule has 0 saturated heterocycles. The fraction of sp³-hybridized carbons (Fsp3) is 1.00. The Morgan fingerprint density at radius 1 is 0.750 bits per heavy atom. The second-order valence-corrected chi connectivity index (χ2v) is 10.1. The molecule has 0 aliphatic carbocycles. The topological polar surface area (TPSA) is 101 Å². The van der Waals surface area contributed by atoms with Gasteiger partial charge in [0.15, 0.2) is 0 Å². The largest absolute Gasteiger partial charge is 0.379 e. The SMILES string of the molecule is CCCCC(CC)COCC(COCCC(C)C)OCCOCCOCCCS(=O)(=O)O. The van der Waals surface area contributed by atoms with E-state index in [0.29, 0.717) is 51.5 Å². The Morgan fingerprint density at radius 3 is 2.03 bits per heavy atom. The molecule has 0 aliphatic heterocycles. The van der Waals surface area contributed by atoms with Crippen LogP contribution in [0.1, 0.15) is 66.2 Å². The van der Waals surface area contributed by atoms with Gasteiger partial charge >= 0.3 is 0 Å². The van der Waals surface area contributed by atoms with Gasteiger partial charge in [-0.3, -0.25) is 4.55 Å². The molecule has 0 radical (unpaired) electrons. The maximum absolute atomic E-state index is 10.6. The summed E-state index contributed by atoms with van der Waals surface area (Å²) in [6, 6.07) is 0. The third kappa shape index (κ3) is 22.9. The van der Waals surface area contributed by atoms with E-state index in [2.05, 4.69) is 27.7 Å².